The van der Waals surface area contributed by atoms with E-state index in [1.165, 1.54) is 11.1 Å². The van der Waals surface area contributed by atoms with Gasteiger partial charge in [0.1, 0.15) is 17.6 Å². The predicted molar refractivity (Wildman–Crippen MR) is 125 cm³/mol. The number of fused-ring (bicyclic) bond motifs is 1. The first-order valence-electron chi connectivity index (χ1n) is 11.8. The minimum absolute atomic E-state index is 0.0600. The Labute approximate surface area is 187 Å². The molecule has 1 atom stereocenters. The Kier molecular flexibility index (Phi) is 7.19. The fourth-order valence-electron chi connectivity index (χ4n) is 4.54. The summed E-state index contributed by atoms with van der Waals surface area (Å²) in [7, 11) is 0. The van der Waals surface area contributed by atoms with Crippen molar-refractivity contribution in [2.45, 2.75) is 83.1 Å². The van der Waals surface area contributed by atoms with Gasteiger partial charge >= 0.3 is 0 Å². The Morgan fingerprint density at radius 2 is 1.74 bits per heavy atom. The third-order valence-electron chi connectivity index (χ3n) is 6.20. The van der Waals surface area contributed by atoms with Crippen molar-refractivity contribution in [2.24, 2.45) is 0 Å². The molecule has 0 radical (unpaired) electrons. The molecule has 1 aliphatic heterocycles. The maximum Gasteiger partial charge on any atom is 0.124 e. The predicted octanol–water partition coefficient (Wildman–Crippen LogP) is 5.85. The zero-order chi connectivity index (χ0) is 21.7. The molecule has 1 heterocycles. The van der Waals surface area contributed by atoms with E-state index in [2.05, 4.69) is 74.6 Å². The van der Waals surface area contributed by atoms with Gasteiger partial charge in [-0.15, -0.1) is 0 Å². The molecule has 1 unspecified atom stereocenters. The third-order valence-corrected chi connectivity index (χ3v) is 6.20. The zero-order valence-electron chi connectivity index (χ0n) is 19.2. The van der Waals surface area contributed by atoms with Gasteiger partial charge in [-0.2, -0.15) is 0 Å². The number of benzene rings is 2. The van der Waals surface area contributed by atoms with Crippen molar-refractivity contribution in [3.8, 4) is 11.5 Å². The third kappa shape index (κ3) is 6.47. The quantitative estimate of drug-likeness (QED) is 0.567. The topological polar surface area (TPSA) is 39.7 Å². The number of hydrogen-bond acceptors (Lipinski definition) is 4. The lowest BCUT2D eigenvalue weighted by molar-refractivity contribution is -0.00236. The van der Waals surface area contributed by atoms with Crippen LogP contribution < -0.4 is 14.8 Å². The number of rotatable bonds is 7. The zero-order valence-corrected chi connectivity index (χ0v) is 19.2. The van der Waals surface area contributed by atoms with Crippen LogP contribution in [0.15, 0.2) is 48.5 Å². The smallest absolute Gasteiger partial charge is 0.124 e. The second-order valence-electron chi connectivity index (χ2n) is 9.83. The molecule has 4 heteroatoms. The van der Waals surface area contributed by atoms with Gasteiger partial charge in [-0.05, 0) is 88.6 Å². The number of ether oxygens (including phenoxy) is 3. The standard InChI is InChI=1S/C27H37NO3/c1-27(2,3)29-18-17-28-22-10-12-23(13-11-22)30-24-14-16-26-21(19-24)9-15-25(31-26)20-7-5-4-6-8-20/h4-8,14,16,19,22-23,25,28H,9-13,15,17-18H2,1-3H3. The summed E-state index contributed by atoms with van der Waals surface area (Å²) in [5.74, 6) is 1.98. The van der Waals surface area contributed by atoms with E-state index in [0.29, 0.717) is 12.1 Å². The van der Waals surface area contributed by atoms with Gasteiger partial charge in [0, 0.05) is 12.6 Å². The summed E-state index contributed by atoms with van der Waals surface area (Å²) >= 11 is 0. The summed E-state index contributed by atoms with van der Waals surface area (Å²) in [6.45, 7) is 7.99. The highest BCUT2D eigenvalue weighted by atomic mass is 16.5. The Hall–Kier alpha value is -2.04. The molecule has 4 rings (SSSR count). The van der Waals surface area contributed by atoms with E-state index in [4.69, 9.17) is 14.2 Å². The van der Waals surface area contributed by atoms with Crippen LogP contribution in [0.3, 0.4) is 0 Å². The first-order chi connectivity index (χ1) is 15.0. The molecule has 1 saturated carbocycles. The Morgan fingerprint density at radius 3 is 2.48 bits per heavy atom. The van der Waals surface area contributed by atoms with Crippen molar-refractivity contribution in [3.63, 3.8) is 0 Å². The van der Waals surface area contributed by atoms with Gasteiger partial charge in [-0.25, -0.2) is 0 Å². The normalized spacial score (nSPS) is 23.6. The number of hydrogen-bond donors (Lipinski definition) is 1. The molecule has 0 bridgehead atoms. The van der Waals surface area contributed by atoms with Crippen LogP contribution in [-0.2, 0) is 11.2 Å². The van der Waals surface area contributed by atoms with Crippen molar-refractivity contribution in [1.29, 1.82) is 0 Å². The van der Waals surface area contributed by atoms with Gasteiger partial charge in [-0.1, -0.05) is 30.3 Å². The maximum atomic E-state index is 6.34. The van der Waals surface area contributed by atoms with Gasteiger partial charge in [0.05, 0.1) is 18.3 Å². The molecular formula is C27H37NO3. The van der Waals surface area contributed by atoms with E-state index >= 15 is 0 Å². The minimum Gasteiger partial charge on any atom is -0.490 e. The van der Waals surface area contributed by atoms with E-state index < -0.39 is 0 Å². The summed E-state index contributed by atoms with van der Waals surface area (Å²) in [5.41, 5.74) is 2.46. The molecule has 0 aromatic heterocycles. The first-order valence-corrected chi connectivity index (χ1v) is 11.8. The minimum atomic E-state index is -0.0600. The fourth-order valence-corrected chi connectivity index (χ4v) is 4.54. The van der Waals surface area contributed by atoms with Gasteiger partial charge < -0.3 is 19.5 Å². The highest BCUT2D eigenvalue weighted by Crippen LogP contribution is 2.37. The molecule has 0 amide bonds. The molecule has 2 aromatic rings. The van der Waals surface area contributed by atoms with Gasteiger partial charge in [0.25, 0.3) is 0 Å². The van der Waals surface area contributed by atoms with Crippen molar-refractivity contribution in [3.05, 3.63) is 59.7 Å². The van der Waals surface area contributed by atoms with Gasteiger partial charge in [0.2, 0.25) is 0 Å². The monoisotopic (exact) mass is 423 g/mol. The van der Waals surface area contributed by atoms with E-state index in [1.54, 1.807) is 0 Å². The van der Waals surface area contributed by atoms with E-state index in [9.17, 15) is 0 Å². The van der Waals surface area contributed by atoms with Crippen LogP contribution in [0.5, 0.6) is 11.5 Å². The number of aryl methyl sites for hydroxylation is 1. The van der Waals surface area contributed by atoms with E-state index in [0.717, 1.165) is 63.2 Å². The first kappa shape index (κ1) is 22.2. The molecule has 4 nitrogen and oxygen atoms in total. The van der Waals surface area contributed by atoms with Crippen LogP contribution in [0.25, 0.3) is 0 Å². The van der Waals surface area contributed by atoms with Crippen LogP contribution in [-0.4, -0.2) is 30.9 Å². The molecule has 31 heavy (non-hydrogen) atoms. The molecule has 1 aliphatic carbocycles. The molecule has 1 N–H and O–H groups in total. The van der Waals surface area contributed by atoms with E-state index in [1.807, 2.05) is 0 Å². The highest BCUT2D eigenvalue weighted by Gasteiger charge is 2.24. The molecule has 168 valence electrons. The lowest BCUT2D eigenvalue weighted by Gasteiger charge is -2.31. The van der Waals surface area contributed by atoms with Crippen LogP contribution >= 0.6 is 0 Å². The Morgan fingerprint density at radius 1 is 0.968 bits per heavy atom. The summed E-state index contributed by atoms with van der Waals surface area (Å²) < 4.78 is 18.4. The van der Waals surface area contributed by atoms with Crippen LogP contribution in [0, 0.1) is 0 Å². The molecule has 2 aromatic carbocycles. The van der Waals surface area contributed by atoms with E-state index in [-0.39, 0.29) is 11.7 Å². The molecular weight excluding hydrogens is 386 g/mol. The van der Waals surface area contributed by atoms with Crippen molar-refractivity contribution < 1.29 is 14.2 Å². The van der Waals surface area contributed by atoms with Crippen LogP contribution in [0.1, 0.15) is 70.1 Å². The van der Waals surface area contributed by atoms with Crippen molar-refractivity contribution >= 4 is 0 Å². The average Bonchev–Trinajstić information content (AvgIpc) is 2.77. The highest BCUT2D eigenvalue weighted by molar-refractivity contribution is 5.42. The Bertz CT molecular complexity index is 822. The van der Waals surface area contributed by atoms with Crippen molar-refractivity contribution in [1.82, 2.24) is 5.32 Å². The largest absolute Gasteiger partial charge is 0.490 e. The molecule has 2 aliphatic rings. The van der Waals surface area contributed by atoms with Gasteiger partial charge in [-0.3, -0.25) is 0 Å². The van der Waals surface area contributed by atoms with Crippen molar-refractivity contribution in [2.75, 3.05) is 13.2 Å². The van der Waals surface area contributed by atoms with Crippen LogP contribution in [0.2, 0.25) is 0 Å². The van der Waals surface area contributed by atoms with Crippen LogP contribution in [0.4, 0.5) is 0 Å². The molecule has 0 spiro atoms. The second kappa shape index (κ2) is 10.1. The lowest BCUT2D eigenvalue weighted by Crippen LogP contribution is -2.38. The summed E-state index contributed by atoms with van der Waals surface area (Å²) in [5, 5.41) is 3.64. The Balaban J connectivity index is 1.22. The molecule has 0 saturated heterocycles. The average molecular weight is 424 g/mol. The second-order valence-corrected chi connectivity index (χ2v) is 9.83. The summed E-state index contributed by atoms with van der Waals surface area (Å²) in [6.07, 6.45) is 7.01. The maximum absolute atomic E-state index is 6.34. The lowest BCUT2D eigenvalue weighted by atomic mass is 9.93. The molecule has 1 fully saturated rings. The summed E-state index contributed by atoms with van der Waals surface area (Å²) in [4.78, 5) is 0. The SMILES string of the molecule is CC(C)(C)OCCNC1CCC(Oc2ccc3c(c2)CCC(c2ccccc2)O3)CC1. The van der Waals surface area contributed by atoms with Gasteiger partial charge in [0.15, 0.2) is 0 Å². The number of nitrogens with one attached hydrogen (secondary N) is 1. The fraction of sp³-hybridized carbons (Fsp3) is 0.556. The summed E-state index contributed by atoms with van der Waals surface area (Å²) in [6, 6.07) is 17.4.